The third-order valence-electron chi connectivity index (χ3n) is 3.04. The molecule has 5 nitrogen and oxygen atoms in total. The zero-order valence-corrected chi connectivity index (χ0v) is 10.8. The Kier molecular flexibility index (Phi) is 3.33. The van der Waals surface area contributed by atoms with E-state index in [0.29, 0.717) is 12.1 Å². The molecule has 100 valence electrons. The second kappa shape index (κ2) is 5.44. The molecule has 0 aliphatic carbocycles. The van der Waals surface area contributed by atoms with E-state index in [-0.39, 0.29) is 5.91 Å². The SMILES string of the molecule is O=C(NCc1cn[nH]c1)c1ccc(-n2cccc2)cc1. The largest absolute Gasteiger partial charge is 0.348 e. The topological polar surface area (TPSA) is 62.7 Å². The Balaban J connectivity index is 1.66. The van der Waals surface area contributed by atoms with Gasteiger partial charge in [0.05, 0.1) is 6.20 Å². The predicted octanol–water partition coefficient (Wildman–Crippen LogP) is 2.13. The number of amides is 1. The van der Waals surface area contributed by atoms with Gasteiger partial charge in [-0.1, -0.05) is 0 Å². The number of H-pyrrole nitrogens is 1. The van der Waals surface area contributed by atoms with E-state index in [1.807, 2.05) is 53.4 Å². The Labute approximate surface area is 116 Å². The van der Waals surface area contributed by atoms with E-state index in [2.05, 4.69) is 15.5 Å². The average Bonchev–Trinajstić information content (AvgIpc) is 3.18. The van der Waals surface area contributed by atoms with Crippen LogP contribution in [0.4, 0.5) is 0 Å². The molecule has 2 N–H and O–H groups in total. The molecule has 0 aliphatic rings. The van der Waals surface area contributed by atoms with E-state index < -0.39 is 0 Å². The predicted molar refractivity (Wildman–Crippen MR) is 75.5 cm³/mol. The summed E-state index contributed by atoms with van der Waals surface area (Å²) in [7, 11) is 0. The van der Waals surface area contributed by atoms with Gasteiger partial charge in [-0.25, -0.2) is 0 Å². The lowest BCUT2D eigenvalue weighted by Gasteiger charge is -2.06. The Hall–Kier alpha value is -2.82. The standard InChI is InChI=1S/C15H14N4O/c20-15(16-9-12-10-17-18-11-12)13-3-5-14(6-4-13)19-7-1-2-8-19/h1-8,10-11H,9H2,(H,16,20)(H,17,18). The van der Waals surface area contributed by atoms with Crippen molar-refractivity contribution in [1.29, 1.82) is 0 Å². The summed E-state index contributed by atoms with van der Waals surface area (Å²) in [5.41, 5.74) is 2.62. The van der Waals surface area contributed by atoms with Crippen molar-refractivity contribution in [2.45, 2.75) is 6.54 Å². The van der Waals surface area contributed by atoms with Crippen LogP contribution in [0.3, 0.4) is 0 Å². The molecule has 0 radical (unpaired) electrons. The van der Waals surface area contributed by atoms with E-state index in [1.165, 1.54) is 0 Å². The monoisotopic (exact) mass is 266 g/mol. The van der Waals surface area contributed by atoms with Gasteiger partial charge in [0.1, 0.15) is 0 Å². The fraction of sp³-hybridized carbons (Fsp3) is 0.0667. The lowest BCUT2D eigenvalue weighted by molar-refractivity contribution is 0.0951. The lowest BCUT2D eigenvalue weighted by atomic mass is 10.2. The Morgan fingerprint density at radius 2 is 1.95 bits per heavy atom. The van der Waals surface area contributed by atoms with E-state index in [1.54, 1.807) is 12.4 Å². The molecule has 0 fully saturated rings. The second-order valence-electron chi connectivity index (χ2n) is 4.43. The van der Waals surface area contributed by atoms with E-state index >= 15 is 0 Å². The number of nitrogens with zero attached hydrogens (tertiary/aromatic N) is 2. The van der Waals surface area contributed by atoms with Crippen molar-refractivity contribution < 1.29 is 4.79 Å². The van der Waals surface area contributed by atoms with Crippen molar-refractivity contribution in [1.82, 2.24) is 20.1 Å². The minimum absolute atomic E-state index is 0.0924. The summed E-state index contributed by atoms with van der Waals surface area (Å²) in [6, 6.07) is 11.4. The van der Waals surface area contributed by atoms with Crippen LogP contribution in [0, 0.1) is 0 Å². The molecule has 20 heavy (non-hydrogen) atoms. The normalized spacial score (nSPS) is 10.4. The number of carbonyl (C=O) groups is 1. The molecule has 2 heterocycles. The zero-order chi connectivity index (χ0) is 13.8. The number of rotatable bonds is 4. The molecular weight excluding hydrogens is 252 g/mol. The van der Waals surface area contributed by atoms with Gasteiger partial charge in [0.2, 0.25) is 0 Å². The van der Waals surface area contributed by atoms with Crippen LogP contribution >= 0.6 is 0 Å². The first-order valence-electron chi connectivity index (χ1n) is 6.32. The van der Waals surface area contributed by atoms with Crippen molar-refractivity contribution in [3.8, 4) is 5.69 Å². The van der Waals surface area contributed by atoms with Crippen molar-refractivity contribution in [2.24, 2.45) is 0 Å². The van der Waals surface area contributed by atoms with Gasteiger partial charge in [-0.3, -0.25) is 9.89 Å². The van der Waals surface area contributed by atoms with E-state index in [9.17, 15) is 4.79 Å². The van der Waals surface area contributed by atoms with Gasteiger partial charge in [0.15, 0.2) is 0 Å². The molecular formula is C15H14N4O. The molecule has 1 amide bonds. The maximum atomic E-state index is 12.0. The molecule has 5 heteroatoms. The molecule has 3 aromatic rings. The Morgan fingerprint density at radius 3 is 2.60 bits per heavy atom. The summed E-state index contributed by atoms with van der Waals surface area (Å²) in [5, 5.41) is 9.40. The molecule has 0 aliphatic heterocycles. The van der Waals surface area contributed by atoms with Crippen LogP contribution in [0.25, 0.3) is 5.69 Å². The number of carbonyl (C=O) groups excluding carboxylic acids is 1. The number of nitrogens with one attached hydrogen (secondary N) is 2. The van der Waals surface area contributed by atoms with Crippen LogP contribution in [0.5, 0.6) is 0 Å². The fourth-order valence-electron chi connectivity index (χ4n) is 1.95. The molecule has 2 aromatic heterocycles. The van der Waals surface area contributed by atoms with Gasteiger partial charge in [-0.05, 0) is 36.4 Å². The first-order valence-corrected chi connectivity index (χ1v) is 6.32. The van der Waals surface area contributed by atoms with Gasteiger partial charge in [-0.15, -0.1) is 0 Å². The van der Waals surface area contributed by atoms with Crippen molar-refractivity contribution >= 4 is 5.91 Å². The highest BCUT2D eigenvalue weighted by Gasteiger charge is 2.05. The minimum atomic E-state index is -0.0924. The fourth-order valence-corrected chi connectivity index (χ4v) is 1.95. The number of aromatic amines is 1. The van der Waals surface area contributed by atoms with Crippen LogP contribution in [0.1, 0.15) is 15.9 Å². The van der Waals surface area contributed by atoms with E-state index in [4.69, 9.17) is 0 Å². The summed E-state index contributed by atoms with van der Waals surface area (Å²) in [5.74, 6) is -0.0924. The summed E-state index contributed by atoms with van der Waals surface area (Å²) in [4.78, 5) is 12.0. The second-order valence-corrected chi connectivity index (χ2v) is 4.43. The summed E-state index contributed by atoms with van der Waals surface area (Å²) < 4.78 is 1.99. The lowest BCUT2D eigenvalue weighted by Crippen LogP contribution is -2.22. The third-order valence-corrected chi connectivity index (χ3v) is 3.04. The van der Waals surface area contributed by atoms with Crippen LogP contribution in [-0.2, 0) is 6.54 Å². The number of benzene rings is 1. The molecule has 1 aromatic carbocycles. The van der Waals surface area contributed by atoms with Crippen LogP contribution in [0.2, 0.25) is 0 Å². The van der Waals surface area contributed by atoms with Gasteiger partial charge in [0.25, 0.3) is 5.91 Å². The van der Waals surface area contributed by atoms with Gasteiger partial charge >= 0.3 is 0 Å². The smallest absolute Gasteiger partial charge is 0.251 e. The van der Waals surface area contributed by atoms with Crippen LogP contribution in [-0.4, -0.2) is 20.7 Å². The van der Waals surface area contributed by atoms with Crippen LogP contribution < -0.4 is 5.32 Å². The molecule has 0 bridgehead atoms. The van der Waals surface area contributed by atoms with Crippen molar-refractivity contribution in [3.05, 3.63) is 72.3 Å². The first kappa shape index (κ1) is 12.2. The highest BCUT2D eigenvalue weighted by atomic mass is 16.1. The Morgan fingerprint density at radius 1 is 1.20 bits per heavy atom. The van der Waals surface area contributed by atoms with Gasteiger partial charge < -0.3 is 9.88 Å². The highest BCUT2D eigenvalue weighted by Crippen LogP contribution is 2.10. The van der Waals surface area contributed by atoms with Crippen molar-refractivity contribution in [2.75, 3.05) is 0 Å². The van der Waals surface area contributed by atoms with Gasteiger partial charge in [0, 0.05) is 41.9 Å². The third kappa shape index (κ3) is 2.61. The number of hydrogen-bond donors (Lipinski definition) is 2. The van der Waals surface area contributed by atoms with Crippen molar-refractivity contribution in [3.63, 3.8) is 0 Å². The maximum absolute atomic E-state index is 12.0. The first-order chi connectivity index (χ1) is 9.83. The molecule has 0 saturated carbocycles. The average molecular weight is 266 g/mol. The quantitative estimate of drug-likeness (QED) is 0.760. The summed E-state index contributed by atoms with van der Waals surface area (Å²) in [6.45, 7) is 0.467. The molecule has 0 saturated heterocycles. The number of aromatic nitrogens is 3. The molecule has 3 rings (SSSR count). The summed E-state index contributed by atoms with van der Waals surface area (Å²) >= 11 is 0. The zero-order valence-electron chi connectivity index (χ0n) is 10.8. The molecule has 0 spiro atoms. The maximum Gasteiger partial charge on any atom is 0.251 e. The highest BCUT2D eigenvalue weighted by molar-refractivity contribution is 5.94. The minimum Gasteiger partial charge on any atom is -0.348 e. The molecule has 0 unspecified atom stereocenters. The molecule has 0 atom stereocenters. The Bertz CT molecular complexity index is 669. The summed E-state index contributed by atoms with van der Waals surface area (Å²) in [6.07, 6.45) is 7.38. The number of hydrogen-bond acceptors (Lipinski definition) is 2. The van der Waals surface area contributed by atoms with Crippen LogP contribution in [0.15, 0.2) is 61.2 Å². The van der Waals surface area contributed by atoms with Gasteiger partial charge in [-0.2, -0.15) is 5.10 Å². The van der Waals surface area contributed by atoms with E-state index in [0.717, 1.165) is 11.3 Å².